The maximum absolute atomic E-state index is 12.4. The Morgan fingerprint density at radius 3 is 2.81 bits per heavy atom. The Morgan fingerprint density at radius 1 is 1.30 bits per heavy atom. The third kappa shape index (κ3) is 3.30. The van der Waals surface area contributed by atoms with Gasteiger partial charge in [-0.2, -0.15) is 5.10 Å². The molecule has 27 heavy (non-hydrogen) atoms. The van der Waals surface area contributed by atoms with Gasteiger partial charge in [-0.3, -0.25) is 14.8 Å². The van der Waals surface area contributed by atoms with Crippen molar-refractivity contribution in [1.82, 2.24) is 20.4 Å². The van der Waals surface area contributed by atoms with E-state index in [9.17, 15) is 4.79 Å². The Bertz CT molecular complexity index is 906. The third-order valence-corrected chi connectivity index (χ3v) is 5.41. The van der Waals surface area contributed by atoms with Crippen LogP contribution < -0.4 is 11.2 Å². The lowest BCUT2D eigenvalue weighted by atomic mass is 9.90. The fraction of sp³-hybridized carbons (Fsp3) is 0.400. The number of nitrogens with one attached hydrogen (secondary N) is 2. The molecule has 3 heterocycles. The Labute approximate surface area is 158 Å². The van der Waals surface area contributed by atoms with Gasteiger partial charge in [-0.15, -0.1) is 0 Å². The van der Waals surface area contributed by atoms with Gasteiger partial charge in [0.25, 0.3) is 5.91 Å². The number of amides is 1. The third-order valence-electron chi connectivity index (χ3n) is 5.41. The van der Waals surface area contributed by atoms with Crippen molar-refractivity contribution in [2.24, 2.45) is 10.8 Å². The van der Waals surface area contributed by atoms with E-state index in [0.29, 0.717) is 29.4 Å². The molecule has 1 aliphatic carbocycles. The molecule has 0 bridgehead atoms. The summed E-state index contributed by atoms with van der Waals surface area (Å²) in [6, 6.07) is 0. The largest absolute Gasteiger partial charge is 0.359 e. The minimum atomic E-state index is -0.222. The molecule has 1 amide bonds. The Morgan fingerprint density at radius 2 is 2.11 bits per heavy atom. The standard InChI is InChI=1S/C20H24N6O/c1-12-14(6-7-21)18(13-4-2-3-5-13)16(24-12)10-15-19(25-26-20(15)27)17-11-22-8-9-23-17/h8-11,13,24H,2-7,21H2,1H3,(H,26,27). The first-order valence-electron chi connectivity index (χ1n) is 9.47. The number of rotatable bonds is 5. The number of nitrogens with zero attached hydrogens (tertiary/aromatic N) is 3. The number of H-pyrrole nitrogens is 1. The monoisotopic (exact) mass is 364 g/mol. The van der Waals surface area contributed by atoms with Gasteiger partial charge in [-0.05, 0) is 55.9 Å². The lowest BCUT2D eigenvalue weighted by Crippen LogP contribution is -2.14. The van der Waals surface area contributed by atoms with Gasteiger partial charge in [0.2, 0.25) is 0 Å². The summed E-state index contributed by atoms with van der Waals surface area (Å²) in [5.41, 5.74) is 14.8. The van der Waals surface area contributed by atoms with Crippen LogP contribution in [0.25, 0.3) is 6.08 Å². The zero-order valence-corrected chi connectivity index (χ0v) is 15.5. The molecule has 0 radical (unpaired) electrons. The first kappa shape index (κ1) is 17.6. The van der Waals surface area contributed by atoms with Crippen LogP contribution in [0.5, 0.6) is 0 Å². The number of hydrogen-bond donors (Lipinski definition) is 3. The highest BCUT2D eigenvalue weighted by Gasteiger charge is 2.29. The van der Waals surface area contributed by atoms with Crippen LogP contribution in [0.2, 0.25) is 0 Å². The van der Waals surface area contributed by atoms with Crippen molar-refractivity contribution in [3.05, 3.63) is 52.4 Å². The van der Waals surface area contributed by atoms with Gasteiger partial charge in [0.15, 0.2) is 0 Å². The van der Waals surface area contributed by atoms with Crippen LogP contribution >= 0.6 is 0 Å². The average Bonchev–Trinajstić information content (AvgIpc) is 3.38. The predicted octanol–water partition coefficient (Wildman–Crippen LogP) is 2.19. The van der Waals surface area contributed by atoms with Crippen LogP contribution in [0, 0.1) is 6.92 Å². The minimum absolute atomic E-state index is 0.222. The molecule has 0 saturated heterocycles. The first-order chi connectivity index (χ1) is 13.2. The van der Waals surface area contributed by atoms with E-state index in [1.54, 1.807) is 18.6 Å². The summed E-state index contributed by atoms with van der Waals surface area (Å²) >= 11 is 0. The van der Waals surface area contributed by atoms with Crippen LogP contribution in [0.4, 0.5) is 0 Å². The summed E-state index contributed by atoms with van der Waals surface area (Å²) in [5.74, 6) is 0.297. The summed E-state index contributed by atoms with van der Waals surface area (Å²) in [4.78, 5) is 24.3. The molecule has 0 unspecified atom stereocenters. The van der Waals surface area contributed by atoms with Crippen molar-refractivity contribution >= 4 is 17.7 Å². The fourth-order valence-corrected chi connectivity index (χ4v) is 4.20. The summed E-state index contributed by atoms with van der Waals surface area (Å²) in [5, 5.41) is 4.17. The van der Waals surface area contributed by atoms with E-state index in [1.807, 2.05) is 6.08 Å². The van der Waals surface area contributed by atoms with Crippen LogP contribution in [0.1, 0.15) is 59.8 Å². The average molecular weight is 364 g/mol. The molecule has 7 heteroatoms. The number of aromatic nitrogens is 3. The summed E-state index contributed by atoms with van der Waals surface area (Å²) in [6.45, 7) is 2.69. The maximum Gasteiger partial charge on any atom is 0.273 e. The Balaban J connectivity index is 1.79. The van der Waals surface area contributed by atoms with Gasteiger partial charge < -0.3 is 10.7 Å². The molecule has 0 aromatic carbocycles. The summed E-state index contributed by atoms with van der Waals surface area (Å²) < 4.78 is 0. The van der Waals surface area contributed by atoms with E-state index in [0.717, 1.165) is 17.8 Å². The number of carbonyl (C=O) groups excluding carboxylic acids is 1. The number of hydrogen-bond acceptors (Lipinski definition) is 5. The quantitative estimate of drug-likeness (QED) is 0.707. The Kier molecular flexibility index (Phi) is 4.85. The molecule has 1 saturated carbocycles. The van der Waals surface area contributed by atoms with Gasteiger partial charge in [-0.25, -0.2) is 5.43 Å². The number of carbonyl (C=O) groups is 1. The summed E-state index contributed by atoms with van der Waals surface area (Å²) in [6.07, 6.45) is 12.4. The molecule has 2 aliphatic rings. The van der Waals surface area contributed by atoms with Crippen LogP contribution in [0.15, 0.2) is 29.3 Å². The number of aromatic amines is 1. The highest BCUT2D eigenvalue weighted by molar-refractivity contribution is 6.32. The second kappa shape index (κ2) is 7.44. The fourth-order valence-electron chi connectivity index (χ4n) is 4.20. The minimum Gasteiger partial charge on any atom is -0.359 e. The molecule has 0 spiro atoms. The van der Waals surface area contributed by atoms with E-state index in [-0.39, 0.29) is 5.91 Å². The second-order valence-electron chi connectivity index (χ2n) is 7.13. The maximum atomic E-state index is 12.4. The summed E-state index contributed by atoms with van der Waals surface area (Å²) in [7, 11) is 0. The normalized spacial score (nSPS) is 19.0. The van der Waals surface area contributed by atoms with E-state index < -0.39 is 0 Å². The van der Waals surface area contributed by atoms with Crippen molar-refractivity contribution in [1.29, 1.82) is 0 Å². The van der Waals surface area contributed by atoms with E-state index in [2.05, 4.69) is 32.4 Å². The zero-order valence-electron chi connectivity index (χ0n) is 15.5. The smallest absolute Gasteiger partial charge is 0.273 e. The van der Waals surface area contributed by atoms with Crippen LogP contribution in [0.3, 0.4) is 0 Å². The molecule has 1 fully saturated rings. The van der Waals surface area contributed by atoms with Crippen molar-refractivity contribution in [2.75, 3.05) is 6.54 Å². The number of hydrazone groups is 1. The van der Waals surface area contributed by atoms with Gasteiger partial charge in [0.05, 0.1) is 11.8 Å². The predicted molar refractivity (Wildman–Crippen MR) is 104 cm³/mol. The number of aryl methyl sites for hydroxylation is 1. The topological polar surface area (TPSA) is 109 Å². The highest BCUT2D eigenvalue weighted by atomic mass is 16.2. The molecule has 2 aromatic rings. The highest BCUT2D eigenvalue weighted by Crippen LogP contribution is 2.39. The number of nitrogens with two attached hydrogens (primary N) is 1. The Hall–Kier alpha value is -2.80. The SMILES string of the molecule is Cc1[nH]c(C=C2C(=O)NN=C2c2cnccn2)c(C2CCCC2)c1CCN. The van der Waals surface area contributed by atoms with Gasteiger partial charge in [-0.1, -0.05) is 12.8 Å². The second-order valence-corrected chi connectivity index (χ2v) is 7.13. The van der Waals surface area contributed by atoms with Crippen molar-refractivity contribution in [2.45, 2.75) is 44.9 Å². The van der Waals surface area contributed by atoms with Crippen LogP contribution in [-0.2, 0) is 11.2 Å². The molecular weight excluding hydrogens is 340 g/mol. The molecule has 0 atom stereocenters. The van der Waals surface area contributed by atoms with E-state index in [1.165, 1.54) is 36.8 Å². The molecule has 2 aromatic heterocycles. The molecule has 7 nitrogen and oxygen atoms in total. The molecular formula is C20H24N6O. The molecule has 4 rings (SSSR count). The van der Waals surface area contributed by atoms with E-state index in [4.69, 9.17) is 5.73 Å². The van der Waals surface area contributed by atoms with Crippen molar-refractivity contribution in [3.8, 4) is 0 Å². The van der Waals surface area contributed by atoms with Crippen LogP contribution in [-0.4, -0.2) is 33.1 Å². The lowest BCUT2D eigenvalue weighted by molar-refractivity contribution is -0.116. The van der Waals surface area contributed by atoms with E-state index >= 15 is 0 Å². The molecule has 1 aliphatic heterocycles. The van der Waals surface area contributed by atoms with Crippen molar-refractivity contribution < 1.29 is 4.79 Å². The molecule has 140 valence electrons. The first-order valence-corrected chi connectivity index (χ1v) is 9.47. The van der Waals surface area contributed by atoms with Gasteiger partial charge in [0, 0.05) is 23.8 Å². The lowest BCUT2D eigenvalue weighted by Gasteiger charge is -2.13. The van der Waals surface area contributed by atoms with Crippen molar-refractivity contribution in [3.63, 3.8) is 0 Å². The van der Waals surface area contributed by atoms with Gasteiger partial charge in [0.1, 0.15) is 11.4 Å². The zero-order chi connectivity index (χ0) is 18.8. The molecule has 4 N–H and O–H groups in total. The van der Waals surface area contributed by atoms with Gasteiger partial charge >= 0.3 is 0 Å².